The van der Waals surface area contributed by atoms with E-state index in [9.17, 15) is 0 Å². The molecule has 4 heteroatoms. The van der Waals surface area contributed by atoms with Gasteiger partial charge < -0.3 is 10.5 Å². The number of hydrogen-bond acceptors (Lipinski definition) is 3. The summed E-state index contributed by atoms with van der Waals surface area (Å²) in [5, 5.41) is 0.576. The first-order valence-electron chi connectivity index (χ1n) is 5.71. The lowest BCUT2D eigenvalue weighted by Crippen LogP contribution is -2.05. The summed E-state index contributed by atoms with van der Waals surface area (Å²) in [6, 6.07) is 9.23. The lowest BCUT2D eigenvalue weighted by Gasteiger charge is -2.13. The van der Waals surface area contributed by atoms with Gasteiger partial charge in [-0.15, -0.1) is 0 Å². The van der Waals surface area contributed by atoms with Crippen LogP contribution >= 0.6 is 11.6 Å². The molecule has 0 aliphatic carbocycles. The minimum atomic E-state index is 0.388. The normalized spacial score (nSPS) is 10.4. The van der Waals surface area contributed by atoms with Gasteiger partial charge in [0.1, 0.15) is 11.5 Å². The zero-order valence-corrected chi connectivity index (χ0v) is 11.2. The van der Waals surface area contributed by atoms with Gasteiger partial charge in [-0.1, -0.05) is 23.7 Å². The first-order valence-corrected chi connectivity index (χ1v) is 6.09. The maximum absolute atomic E-state index is 6.08. The molecule has 0 radical (unpaired) electrons. The van der Waals surface area contributed by atoms with E-state index in [0.29, 0.717) is 17.3 Å². The van der Waals surface area contributed by atoms with Gasteiger partial charge >= 0.3 is 0 Å². The Labute approximate surface area is 112 Å². The second kappa shape index (κ2) is 5.38. The average molecular weight is 263 g/mol. The van der Waals surface area contributed by atoms with Gasteiger partial charge in [-0.25, -0.2) is 0 Å². The SMILES string of the molecule is Cc1cc(Oc2ccccc2Cl)c(CN)c(C)n1. The number of aryl methyl sites for hydroxylation is 2. The van der Waals surface area contributed by atoms with E-state index in [4.69, 9.17) is 22.1 Å². The quantitative estimate of drug-likeness (QED) is 0.919. The third-order valence-electron chi connectivity index (χ3n) is 2.68. The van der Waals surface area contributed by atoms with Gasteiger partial charge in [0, 0.05) is 29.6 Å². The average Bonchev–Trinajstić information content (AvgIpc) is 2.31. The van der Waals surface area contributed by atoms with Gasteiger partial charge in [0.15, 0.2) is 0 Å². The Bertz CT molecular complexity index is 570. The molecule has 0 saturated heterocycles. The highest BCUT2D eigenvalue weighted by molar-refractivity contribution is 6.32. The van der Waals surface area contributed by atoms with E-state index < -0.39 is 0 Å². The van der Waals surface area contributed by atoms with Crippen LogP contribution in [0.3, 0.4) is 0 Å². The van der Waals surface area contributed by atoms with E-state index in [1.165, 1.54) is 0 Å². The number of ether oxygens (including phenoxy) is 1. The van der Waals surface area contributed by atoms with Crippen LogP contribution in [-0.2, 0) is 6.54 Å². The van der Waals surface area contributed by atoms with Crippen molar-refractivity contribution in [3.05, 3.63) is 52.3 Å². The van der Waals surface area contributed by atoms with E-state index in [2.05, 4.69) is 4.98 Å². The van der Waals surface area contributed by atoms with Crippen molar-refractivity contribution in [1.82, 2.24) is 4.98 Å². The molecule has 1 aromatic carbocycles. The lowest BCUT2D eigenvalue weighted by atomic mass is 10.1. The number of aromatic nitrogens is 1. The van der Waals surface area contributed by atoms with E-state index in [1.807, 2.05) is 38.1 Å². The number of hydrogen-bond donors (Lipinski definition) is 1. The number of para-hydroxylation sites is 1. The molecule has 2 aromatic rings. The molecule has 94 valence electrons. The molecular formula is C14H15ClN2O. The Balaban J connectivity index is 2.43. The highest BCUT2D eigenvalue weighted by atomic mass is 35.5. The molecule has 0 amide bonds. The summed E-state index contributed by atoms with van der Waals surface area (Å²) in [7, 11) is 0. The van der Waals surface area contributed by atoms with Crippen LogP contribution < -0.4 is 10.5 Å². The molecule has 3 nitrogen and oxygen atoms in total. The highest BCUT2D eigenvalue weighted by Crippen LogP contribution is 2.32. The molecule has 0 bridgehead atoms. The van der Waals surface area contributed by atoms with Gasteiger partial charge in [0.2, 0.25) is 0 Å². The third kappa shape index (κ3) is 2.63. The second-order valence-corrected chi connectivity index (χ2v) is 4.47. The van der Waals surface area contributed by atoms with Crippen LogP contribution in [0.25, 0.3) is 0 Å². The molecule has 0 aliphatic rings. The fourth-order valence-electron chi connectivity index (χ4n) is 1.80. The number of rotatable bonds is 3. The molecule has 0 aliphatic heterocycles. The number of halogens is 1. The van der Waals surface area contributed by atoms with Gasteiger partial charge in [-0.2, -0.15) is 0 Å². The molecule has 1 heterocycles. The largest absolute Gasteiger partial charge is 0.455 e. The van der Waals surface area contributed by atoms with Crippen molar-refractivity contribution >= 4 is 11.6 Å². The topological polar surface area (TPSA) is 48.1 Å². The molecular weight excluding hydrogens is 248 g/mol. The Morgan fingerprint density at radius 3 is 2.61 bits per heavy atom. The standard InChI is InChI=1S/C14H15ClN2O/c1-9-7-14(11(8-16)10(2)17-9)18-13-6-4-3-5-12(13)15/h3-7H,8,16H2,1-2H3. The van der Waals surface area contributed by atoms with Crippen LogP contribution in [0.1, 0.15) is 17.0 Å². The van der Waals surface area contributed by atoms with Crippen LogP contribution in [0.4, 0.5) is 0 Å². The Hall–Kier alpha value is -1.58. The number of nitrogens with two attached hydrogens (primary N) is 1. The van der Waals surface area contributed by atoms with Crippen molar-refractivity contribution < 1.29 is 4.74 Å². The van der Waals surface area contributed by atoms with Crippen molar-refractivity contribution in [2.24, 2.45) is 5.73 Å². The highest BCUT2D eigenvalue weighted by Gasteiger charge is 2.10. The summed E-state index contributed by atoms with van der Waals surface area (Å²) >= 11 is 6.08. The third-order valence-corrected chi connectivity index (χ3v) is 2.99. The summed E-state index contributed by atoms with van der Waals surface area (Å²) in [5.41, 5.74) is 8.43. The Kier molecular flexibility index (Phi) is 3.84. The van der Waals surface area contributed by atoms with Crippen molar-refractivity contribution in [2.45, 2.75) is 20.4 Å². The fraction of sp³-hybridized carbons (Fsp3) is 0.214. The van der Waals surface area contributed by atoms with Crippen LogP contribution in [0, 0.1) is 13.8 Å². The predicted molar refractivity (Wildman–Crippen MR) is 73.1 cm³/mol. The van der Waals surface area contributed by atoms with Gasteiger partial charge in [-0.3, -0.25) is 4.98 Å². The van der Waals surface area contributed by atoms with Gasteiger partial charge in [0.05, 0.1) is 5.02 Å². The van der Waals surface area contributed by atoms with E-state index in [-0.39, 0.29) is 0 Å². The summed E-state index contributed by atoms with van der Waals surface area (Å²) in [6.07, 6.45) is 0. The second-order valence-electron chi connectivity index (χ2n) is 4.06. The van der Waals surface area contributed by atoms with E-state index >= 15 is 0 Å². The Morgan fingerprint density at radius 1 is 1.22 bits per heavy atom. The monoisotopic (exact) mass is 262 g/mol. The lowest BCUT2D eigenvalue weighted by molar-refractivity contribution is 0.474. The van der Waals surface area contributed by atoms with Crippen LogP contribution in [-0.4, -0.2) is 4.98 Å². The van der Waals surface area contributed by atoms with Crippen molar-refractivity contribution in [3.63, 3.8) is 0 Å². The minimum Gasteiger partial charge on any atom is -0.455 e. The maximum Gasteiger partial charge on any atom is 0.146 e. The van der Waals surface area contributed by atoms with Crippen LogP contribution in [0.5, 0.6) is 11.5 Å². The summed E-state index contributed by atoms with van der Waals surface area (Å²) in [5.74, 6) is 1.34. The summed E-state index contributed by atoms with van der Waals surface area (Å²) in [6.45, 7) is 4.24. The summed E-state index contributed by atoms with van der Waals surface area (Å²) < 4.78 is 5.84. The molecule has 0 fully saturated rings. The first-order chi connectivity index (χ1) is 8.61. The van der Waals surface area contributed by atoms with Gasteiger partial charge in [0.25, 0.3) is 0 Å². The number of nitrogens with zero attached hydrogens (tertiary/aromatic N) is 1. The molecule has 0 atom stereocenters. The van der Waals surface area contributed by atoms with E-state index in [1.54, 1.807) is 6.07 Å². The molecule has 2 rings (SSSR count). The molecule has 0 unspecified atom stereocenters. The number of pyridine rings is 1. The maximum atomic E-state index is 6.08. The molecule has 2 N–H and O–H groups in total. The molecule has 18 heavy (non-hydrogen) atoms. The number of benzene rings is 1. The molecule has 0 spiro atoms. The van der Waals surface area contributed by atoms with Crippen LogP contribution in [0.2, 0.25) is 5.02 Å². The Morgan fingerprint density at radius 2 is 1.94 bits per heavy atom. The minimum absolute atomic E-state index is 0.388. The summed E-state index contributed by atoms with van der Waals surface area (Å²) in [4.78, 5) is 4.38. The predicted octanol–water partition coefficient (Wildman–Crippen LogP) is 3.60. The molecule has 0 saturated carbocycles. The van der Waals surface area contributed by atoms with Gasteiger partial charge in [-0.05, 0) is 26.0 Å². The van der Waals surface area contributed by atoms with Crippen molar-refractivity contribution in [2.75, 3.05) is 0 Å². The van der Waals surface area contributed by atoms with E-state index in [0.717, 1.165) is 22.7 Å². The smallest absolute Gasteiger partial charge is 0.146 e. The van der Waals surface area contributed by atoms with Crippen molar-refractivity contribution in [3.8, 4) is 11.5 Å². The fourth-order valence-corrected chi connectivity index (χ4v) is 1.98. The zero-order chi connectivity index (χ0) is 13.1. The molecule has 1 aromatic heterocycles. The zero-order valence-electron chi connectivity index (χ0n) is 10.4. The first kappa shape index (κ1) is 12.9. The van der Waals surface area contributed by atoms with Crippen molar-refractivity contribution in [1.29, 1.82) is 0 Å². The van der Waals surface area contributed by atoms with Crippen LogP contribution in [0.15, 0.2) is 30.3 Å².